The first-order valence-corrected chi connectivity index (χ1v) is 12.2. The van der Waals surface area contributed by atoms with Crippen LogP contribution in [0.4, 0.5) is 10.1 Å². The van der Waals surface area contributed by atoms with Gasteiger partial charge in [-0.2, -0.15) is 0 Å². The fraction of sp³-hybridized carbons (Fsp3) is 0.462. The van der Waals surface area contributed by atoms with Crippen LogP contribution in [-0.2, 0) is 16.1 Å². The minimum atomic E-state index is -1.19. The Balaban J connectivity index is 1.72. The van der Waals surface area contributed by atoms with Crippen molar-refractivity contribution in [2.75, 3.05) is 11.9 Å². The summed E-state index contributed by atoms with van der Waals surface area (Å²) in [6, 6.07) is 11.4. The van der Waals surface area contributed by atoms with Gasteiger partial charge in [-0.25, -0.2) is 4.39 Å². The number of aliphatic hydroxyl groups excluding tert-OH is 1. The van der Waals surface area contributed by atoms with Crippen LogP contribution < -0.4 is 10.1 Å². The number of carbonyl (C=O) groups is 2. The van der Waals surface area contributed by atoms with Gasteiger partial charge in [-0.05, 0) is 63.8 Å². The summed E-state index contributed by atoms with van der Waals surface area (Å²) in [5, 5.41) is 23.6. The number of nitrogens with one attached hydrogen (secondary N) is 1. The maximum absolute atomic E-state index is 14.3. The summed E-state index contributed by atoms with van der Waals surface area (Å²) in [6.07, 6.45) is 0.985. The number of hydrogen-bond acceptors (Lipinski definition) is 5. The van der Waals surface area contributed by atoms with Crippen molar-refractivity contribution < 1.29 is 28.9 Å². The number of ether oxygens (including phenoxy) is 1. The third-order valence-electron chi connectivity index (χ3n) is 6.09. The van der Waals surface area contributed by atoms with E-state index >= 15 is 0 Å². The molecule has 0 aliphatic heterocycles. The zero-order valence-corrected chi connectivity index (χ0v) is 20.7. The summed E-state index contributed by atoms with van der Waals surface area (Å²) in [5.74, 6) is -1.99. The van der Waals surface area contributed by atoms with E-state index in [2.05, 4.69) is 5.32 Å². The van der Waals surface area contributed by atoms with Crippen LogP contribution in [0.15, 0.2) is 42.5 Å². The molecular formula is C26H32ClFN2O5. The van der Waals surface area contributed by atoms with Gasteiger partial charge in [-0.3, -0.25) is 9.59 Å². The predicted molar refractivity (Wildman–Crippen MR) is 132 cm³/mol. The van der Waals surface area contributed by atoms with E-state index in [9.17, 15) is 24.2 Å². The Morgan fingerprint density at radius 3 is 2.54 bits per heavy atom. The van der Waals surface area contributed by atoms with Crippen molar-refractivity contribution in [2.24, 2.45) is 5.92 Å². The third kappa shape index (κ3) is 7.32. The van der Waals surface area contributed by atoms with Crippen LogP contribution in [0.5, 0.6) is 5.75 Å². The molecule has 1 saturated carbocycles. The molecule has 3 N–H and O–H groups in total. The maximum Gasteiger partial charge on any atom is 0.323 e. The number of halogens is 2. The van der Waals surface area contributed by atoms with Gasteiger partial charge in [0.1, 0.15) is 18.1 Å². The molecule has 1 aliphatic rings. The molecule has 1 fully saturated rings. The molecule has 2 aromatic rings. The number of benzene rings is 2. The number of anilines is 1. The Bertz CT molecular complexity index is 1010. The average molecular weight is 507 g/mol. The molecule has 35 heavy (non-hydrogen) atoms. The van der Waals surface area contributed by atoms with Crippen LogP contribution in [0.1, 0.15) is 45.1 Å². The van der Waals surface area contributed by atoms with E-state index in [1.807, 2.05) is 38.1 Å². The van der Waals surface area contributed by atoms with Crippen LogP contribution >= 0.6 is 11.6 Å². The van der Waals surface area contributed by atoms with Crippen molar-refractivity contribution in [1.29, 1.82) is 0 Å². The maximum atomic E-state index is 14.3. The SMILES string of the molecule is CC(C)Oc1ccccc1N[C@H]1CC[C@@H](C(=O)N(CC(=O)O)Cc2c(F)cccc2Cl)CC[C@@H]1O. The minimum absolute atomic E-state index is 0.0119. The largest absolute Gasteiger partial charge is 0.489 e. The van der Waals surface area contributed by atoms with Gasteiger partial charge < -0.3 is 25.2 Å². The Kier molecular flexibility index (Phi) is 9.34. The molecule has 2 aromatic carbocycles. The lowest BCUT2D eigenvalue weighted by Gasteiger charge is -2.26. The molecule has 3 rings (SSSR count). The molecule has 1 amide bonds. The second-order valence-corrected chi connectivity index (χ2v) is 9.53. The van der Waals surface area contributed by atoms with Gasteiger partial charge in [0, 0.05) is 16.5 Å². The highest BCUT2D eigenvalue weighted by Gasteiger charge is 2.33. The van der Waals surface area contributed by atoms with E-state index in [4.69, 9.17) is 16.3 Å². The molecule has 1 aliphatic carbocycles. The summed E-state index contributed by atoms with van der Waals surface area (Å²) in [6.45, 7) is 3.07. The number of carboxylic acid groups (broad SMARTS) is 1. The molecule has 0 unspecified atom stereocenters. The lowest BCUT2D eigenvalue weighted by Crippen LogP contribution is -2.39. The number of amides is 1. The number of para-hydroxylation sites is 2. The number of carbonyl (C=O) groups excluding carboxylic acids is 1. The number of hydrogen-bond donors (Lipinski definition) is 3. The van der Waals surface area contributed by atoms with E-state index in [0.29, 0.717) is 31.4 Å². The molecule has 0 spiro atoms. The van der Waals surface area contributed by atoms with Crippen LogP contribution in [0, 0.1) is 11.7 Å². The van der Waals surface area contributed by atoms with Gasteiger partial charge in [0.25, 0.3) is 0 Å². The van der Waals surface area contributed by atoms with Crippen molar-refractivity contribution >= 4 is 29.2 Å². The molecule has 0 aromatic heterocycles. The summed E-state index contributed by atoms with van der Waals surface area (Å²) < 4.78 is 20.2. The Morgan fingerprint density at radius 1 is 1.14 bits per heavy atom. The molecule has 7 nitrogen and oxygen atoms in total. The normalized spacial score (nSPS) is 20.2. The summed E-state index contributed by atoms with van der Waals surface area (Å²) >= 11 is 6.11. The monoisotopic (exact) mass is 506 g/mol. The van der Waals surface area contributed by atoms with E-state index in [1.165, 1.54) is 18.2 Å². The zero-order valence-electron chi connectivity index (χ0n) is 19.9. The zero-order chi connectivity index (χ0) is 25.5. The number of nitrogens with zero attached hydrogens (tertiary/aromatic N) is 1. The third-order valence-corrected chi connectivity index (χ3v) is 6.44. The Hall–Kier alpha value is -2.84. The van der Waals surface area contributed by atoms with Gasteiger partial charge in [0.05, 0.1) is 30.5 Å². The highest BCUT2D eigenvalue weighted by molar-refractivity contribution is 6.31. The Morgan fingerprint density at radius 2 is 1.86 bits per heavy atom. The van der Waals surface area contributed by atoms with Crippen LogP contribution in [-0.4, -0.2) is 51.8 Å². The van der Waals surface area contributed by atoms with Gasteiger partial charge >= 0.3 is 5.97 Å². The van der Waals surface area contributed by atoms with Crippen molar-refractivity contribution in [3.05, 3.63) is 58.9 Å². The van der Waals surface area contributed by atoms with Crippen molar-refractivity contribution in [3.63, 3.8) is 0 Å². The number of aliphatic carboxylic acids is 1. The molecule has 190 valence electrons. The molecule has 0 radical (unpaired) electrons. The molecular weight excluding hydrogens is 475 g/mol. The predicted octanol–water partition coefficient (Wildman–Crippen LogP) is 4.71. The smallest absolute Gasteiger partial charge is 0.323 e. The highest BCUT2D eigenvalue weighted by Crippen LogP contribution is 2.32. The summed E-state index contributed by atoms with van der Waals surface area (Å²) in [4.78, 5) is 25.9. The van der Waals surface area contributed by atoms with Gasteiger partial charge in [0.15, 0.2) is 0 Å². The van der Waals surface area contributed by atoms with E-state index in [-0.39, 0.29) is 35.2 Å². The van der Waals surface area contributed by atoms with E-state index in [0.717, 1.165) is 10.6 Å². The van der Waals surface area contributed by atoms with Crippen LogP contribution in [0.3, 0.4) is 0 Å². The summed E-state index contributed by atoms with van der Waals surface area (Å²) in [5.41, 5.74) is 0.843. The minimum Gasteiger partial charge on any atom is -0.489 e. The fourth-order valence-corrected chi connectivity index (χ4v) is 4.58. The van der Waals surface area contributed by atoms with Gasteiger partial charge in [-0.15, -0.1) is 0 Å². The topological polar surface area (TPSA) is 99.1 Å². The molecule has 9 heteroatoms. The number of carboxylic acids is 1. The molecule has 0 bridgehead atoms. The molecule has 3 atom stereocenters. The average Bonchev–Trinajstić information content (AvgIpc) is 2.97. The quantitative estimate of drug-likeness (QED) is 0.426. The van der Waals surface area contributed by atoms with Crippen molar-refractivity contribution in [2.45, 2.75) is 64.3 Å². The molecule has 0 saturated heterocycles. The highest BCUT2D eigenvalue weighted by atomic mass is 35.5. The van der Waals surface area contributed by atoms with Crippen molar-refractivity contribution in [1.82, 2.24) is 4.90 Å². The van der Waals surface area contributed by atoms with Gasteiger partial charge in [0.2, 0.25) is 5.91 Å². The van der Waals surface area contributed by atoms with Crippen molar-refractivity contribution in [3.8, 4) is 5.75 Å². The van der Waals surface area contributed by atoms with E-state index < -0.39 is 30.4 Å². The van der Waals surface area contributed by atoms with Gasteiger partial charge in [-0.1, -0.05) is 29.8 Å². The second-order valence-electron chi connectivity index (χ2n) is 9.12. The first kappa shape index (κ1) is 26.8. The standard InChI is InChI=1S/C26H32ClFN2O5/c1-16(2)35-24-9-4-3-8-22(24)29-21-12-10-17(11-13-23(21)31)26(34)30(15-25(32)33)14-18-19(27)6-5-7-20(18)28/h3-9,16-17,21,23,29,31H,10-15H2,1-2H3,(H,32,33)/t17-,21+,23+/m1/s1. The number of aliphatic hydroxyl groups is 1. The van der Waals surface area contributed by atoms with Crippen LogP contribution in [0.2, 0.25) is 5.02 Å². The first-order valence-electron chi connectivity index (χ1n) is 11.8. The molecule has 0 heterocycles. The van der Waals surface area contributed by atoms with Crippen LogP contribution in [0.25, 0.3) is 0 Å². The Labute approximate surface area is 209 Å². The lowest BCUT2D eigenvalue weighted by atomic mass is 9.98. The second kappa shape index (κ2) is 12.2. The van der Waals surface area contributed by atoms with E-state index in [1.54, 1.807) is 0 Å². The fourth-order valence-electron chi connectivity index (χ4n) is 4.36. The lowest BCUT2D eigenvalue weighted by molar-refractivity contribution is -0.147. The first-order chi connectivity index (χ1) is 16.7. The summed E-state index contributed by atoms with van der Waals surface area (Å²) in [7, 11) is 0. The number of rotatable bonds is 9.